The maximum Gasteiger partial charge on any atom is 0.543 e. The summed E-state index contributed by atoms with van der Waals surface area (Å²) < 4.78 is 9.70. The minimum atomic E-state index is -1.10. The van der Waals surface area contributed by atoms with Crippen molar-refractivity contribution in [3.05, 3.63) is 35.4 Å². The molecular formula is C18H26O7. The number of aryl methyl sites for hydroxylation is 1. The number of hydrogen-bond acceptors (Lipinski definition) is 7. The first kappa shape index (κ1) is 20.9. The van der Waals surface area contributed by atoms with E-state index in [1.165, 1.54) is 6.42 Å². The smallest absolute Gasteiger partial charge is 0.432 e. The van der Waals surface area contributed by atoms with Crippen LogP contribution in [0.3, 0.4) is 0 Å². The quantitative estimate of drug-likeness (QED) is 0.257. The molecule has 0 aromatic heterocycles. The minimum Gasteiger partial charge on any atom is -0.432 e. The van der Waals surface area contributed by atoms with Gasteiger partial charge in [-0.1, -0.05) is 31.9 Å². The molecule has 0 radical (unpaired) electrons. The second-order valence-electron chi connectivity index (χ2n) is 5.61. The van der Waals surface area contributed by atoms with E-state index in [1.807, 2.05) is 19.1 Å². The first-order valence-electron chi connectivity index (χ1n) is 8.40. The summed E-state index contributed by atoms with van der Waals surface area (Å²) in [6, 6.07) is 6.99. The number of ether oxygens (including phenoxy) is 2. The fourth-order valence-corrected chi connectivity index (χ4v) is 1.96. The summed E-state index contributed by atoms with van der Waals surface area (Å²) >= 11 is 0. The molecule has 7 nitrogen and oxygen atoms in total. The second kappa shape index (κ2) is 12.3. The normalized spacial score (nSPS) is 11.6. The highest BCUT2D eigenvalue weighted by molar-refractivity contribution is 5.88. The van der Waals surface area contributed by atoms with E-state index in [1.54, 1.807) is 19.2 Å². The van der Waals surface area contributed by atoms with E-state index in [4.69, 9.17) is 9.47 Å². The van der Waals surface area contributed by atoms with Gasteiger partial charge in [0.15, 0.2) is 0 Å². The summed E-state index contributed by atoms with van der Waals surface area (Å²) in [5, 5.41) is 4.15. The lowest BCUT2D eigenvalue weighted by molar-refractivity contribution is -0.452. The number of hydrogen-bond donors (Lipinski definition) is 0. The van der Waals surface area contributed by atoms with Crippen molar-refractivity contribution in [1.82, 2.24) is 0 Å². The van der Waals surface area contributed by atoms with Crippen molar-refractivity contribution >= 4 is 12.1 Å². The predicted molar refractivity (Wildman–Crippen MR) is 89.7 cm³/mol. The highest BCUT2D eigenvalue weighted by Crippen LogP contribution is 2.10. The van der Waals surface area contributed by atoms with Gasteiger partial charge in [0, 0.05) is 13.5 Å². The summed E-state index contributed by atoms with van der Waals surface area (Å²) in [5.74, 6) is -0.763. The largest absolute Gasteiger partial charge is 0.543 e. The molecular weight excluding hydrogens is 328 g/mol. The molecule has 140 valence electrons. The van der Waals surface area contributed by atoms with E-state index in [9.17, 15) is 9.59 Å². The summed E-state index contributed by atoms with van der Waals surface area (Å²) in [7, 11) is 1.56. The average molecular weight is 354 g/mol. The Balaban J connectivity index is 2.24. The third kappa shape index (κ3) is 9.07. The standard InChI is InChI=1S/C18H26O7/c1-4-5-6-7-15-8-10-16(11-9-15)17(19)23-25-24-18(20)22-13-12-14(2)21-3/h8-11,14H,4-7,12-13H2,1-3H3. The van der Waals surface area contributed by atoms with Crippen LogP contribution in [-0.4, -0.2) is 31.9 Å². The second-order valence-corrected chi connectivity index (χ2v) is 5.61. The minimum absolute atomic E-state index is 0.0449. The lowest BCUT2D eigenvalue weighted by atomic mass is 10.1. The molecule has 0 amide bonds. The fourth-order valence-electron chi connectivity index (χ4n) is 1.96. The Morgan fingerprint density at radius 3 is 2.44 bits per heavy atom. The molecule has 7 heteroatoms. The average Bonchev–Trinajstić information content (AvgIpc) is 2.62. The van der Waals surface area contributed by atoms with Gasteiger partial charge >= 0.3 is 12.1 Å². The lowest BCUT2D eigenvalue weighted by Gasteiger charge is -2.08. The summed E-state index contributed by atoms with van der Waals surface area (Å²) in [5.41, 5.74) is 1.45. The molecule has 1 aromatic carbocycles. The summed E-state index contributed by atoms with van der Waals surface area (Å²) in [4.78, 5) is 31.5. The van der Waals surface area contributed by atoms with Gasteiger partial charge in [-0.2, -0.15) is 0 Å². The molecule has 0 aliphatic heterocycles. The monoisotopic (exact) mass is 354 g/mol. The molecule has 0 heterocycles. The molecule has 0 fully saturated rings. The molecule has 0 bridgehead atoms. The number of rotatable bonds is 11. The van der Waals surface area contributed by atoms with Crippen LogP contribution in [0.5, 0.6) is 0 Å². The van der Waals surface area contributed by atoms with Crippen LogP contribution < -0.4 is 0 Å². The van der Waals surface area contributed by atoms with Crippen molar-refractivity contribution in [2.24, 2.45) is 0 Å². The van der Waals surface area contributed by atoms with Crippen LogP contribution in [0.1, 0.15) is 55.5 Å². The van der Waals surface area contributed by atoms with Gasteiger partial charge in [0.25, 0.3) is 0 Å². The number of carbonyl (C=O) groups excluding carboxylic acids is 2. The zero-order chi connectivity index (χ0) is 18.5. The maximum absolute atomic E-state index is 11.7. The first-order chi connectivity index (χ1) is 12.1. The van der Waals surface area contributed by atoms with Crippen molar-refractivity contribution in [2.45, 2.75) is 52.1 Å². The van der Waals surface area contributed by atoms with E-state index in [0.29, 0.717) is 12.0 Å². The zero-order valence-corrected chi connectivity index (χ0v) is 15.0. The Bertz CT molecular complexity index is 513. The maximum atomic E-state index is 11.7. The Labute approximate surface area is 148 Å². The van der Waals surface area contributed by atoms with Crippen LogP contribution in [0, 0.1) is 0 Å². The molecule has 1 aromatic rings. The van der Waals surface area contributed by atoms with E-state index in [0.717, 1.165) is 24.8 Å². The summed E-state index contributed by atoms with van der Waals surface area (Å²) in [6.45, 7) is 4.09. The van der Waals surface area contributed by atoms with Gasteiger partial charge in [0.1, 0.15) is 0 Å². The van der Waals surface area contributed by atoms with Gasteiger partial charge < -0.3 is 9.47 Å². The van der Waals surface area contributed by atoms with Crippen molar-refractivity contribution < 1.29 is 33.9 Å². The van der Waals surface area contributed by atoms with Crippen LogP contribution in [0.4, 0.5) is 4.79 Å². The number of carbonyl (C=O) groups is 2. The van der Waals surface area contributed by atoms with Gasteiger partial charge in [0.05, 0.1) is 23.3 Å². The van der Waals surface area contributed by atoms with Crippen molar-refractivity contribution in [1.29, 1.82) is 0 Å². The zero-order valence-electron chi connectivity index (χ0n) is 15.0. The molecule has 0 saturated heterocycles. The van der Waals surface area contributed by atoms with E-state index in [2.05, 4.69) is 21.7 Å². The van der Waals surface area contributed by atoms with Crippen LogP contribution in [0.25, 0.3) is 0 Å². The van der Waals surface area contributed by atoms with Crippen molar-refractivity contribution in [3.63, 3.8) is 0 Å². The number of methoxy groups -OCH3 is 1. The molecule has 0 spiro atoms. The van der Waals surface area contributed by atoms with Gasteiger partial charge in [-0.05, 0) is 37.5 Å². The molecule has 0 N–H and O–H groups in total. The third-order valence-corrected chi connectivity index (χ3v) is 3.62. The summed E-state index contributed by atoms with van der Waals surface area (Å²) in [6.07, 6.45) is 3.79. The van der Waals surface area contributed by atoms with Crippen molar-refractivity contribution in [2.75, 3.05) is 13.7 Å². The van der Waals surface area contributed by atoms with E-state index >= 15 is 0 Å². The topological polar surface area (TPSA) is 80.3 Å². The highest BCUT2D eigenvalue weighted by atomic mass is 17.5. The number of benzene rings is 1. The Hall–Kier alpha value is -2.12. The molecule has 0 aliphatic rings. The van der Waals surface area contributed by atoms with Crippen LogP contribution in [-0.2, 0) is 30.7 Å². The molecule has 0 saturated carbocycles. The molecule has 1 unspecified atom stereocenters. The van der Waals surface area contributed by atoms with Crippen molar-refractivity contribution in [3.8, 4) is 0 Å². The Kier molecular flexibility index (Phi) is 10.3. The van der Waals surface area contributed by atoms with Crippen LogP contribution in [0.2, 0.25) is 0 Å². The Morgan fingerprint density at radius 2 is 1.80 bits per heavy atom. The van der Waals surface area contributed by atoms with Gasteiger partial charge in [-0.25, -0.2) is 14.5 Å². The lowest BCUT2D eigenvalue weighted by Crippen LogP contribution is -2.15. The van der Waals surface area contributed by atoms with Gasteiger partial charge in [0.2, 0.25) is 0 Å². The molecule has 0 aliphatic carbocycles. The molecule has 1 atom stereocenters. The van der Waals surface area contributed by atoms with Gasteiger partial charge in [-0.15, -0.1) is 0 Å². The first-order valence-corrected chi connectivity index (χ1v) is 8.40. The molecule has 1 rings (SSSR count). The van der Waals surface area contributed by atoms with Crippen LogP contribution in [0.15, 0.2) is 24.3 Å². The Morgan fingerprint density at radius 1 is 1.08 bits per heavy atom. The number of unbranched alkanes of at least 4 members (excludes halogenated alkanes) is 2. The van der Waals surface area contributed by atoms with E-state index < -0.39 is 12.1 Å². The van der Waals surface area contributed by atoms with Crippen LogP contribution >= 0.6 is 0 Å². The molecule has 25 heavy (non-hydrogen) atoms. The highest BCUT2D eigenvalue weighted by Gasteiger charge is 2.12. The third-order valence-electron chi connectivity index (χ3n) is 3.62. The predicted octanol–water partition coefficient (Wildman–Crippen LogP) is 4.00. The fraction of sp³-hybridized carbons (Fsp3) is 0.556. The van der Waals surface area contributed by atoms with Gasteiger partial charge in [-0.3, -0.25) is 4.89 Å². The van der Waals surface area contributed by atoms with E-state index in [-0.39, 0.29) is 12.7 Å². The SMILES string of the molecule is CCCCCc1ccc(C(=O)OOOC(=O)OCCC(C)OC)cc1.